The Hall–Kier alpha value is -2.08. The molecule has 0 unspecified atom stereocenters. The summed E-state index contributed by atoms with van der Waals surface area (Å²) in [7, 11) is 1.61. The number of likely N-dealkylation sites (tertiary alicyclic amines) is 1. The van der Waals surface area contributed by atoms with Crippen LogP contribution in [0.2, 0.25) is 0 Å². The molecule has 3 fully saturated rings. The summed E-state index contributed by atoms with van der Waals surface area (Å²) in [5.74, 6) is 1.52. The molecule has 2 aliphatic carbocycles. The summed E-state index contributed by atoms with van der Waals surface area (Å²) < 4.78 is 5.20. The fourth-order valence-electron chi connectivity index (χ4n) is 7.19. The van der Waals surface area contributed by atoms with Gasteiger partial charge in [-0.05, 0) is 91.9 Å². The molecule has 0 bridgehead atoms. The second kappa shape index (κ2) is 10.5. The highest BCUT2D eigenvalue weighted by molar-refractivity contribution is 5.94. The number of nitrogens with one attached hydrogen (secondary N) is 1. The molecule has 2 saturated carbocycles. The smallest absolute Gasteiger partial charge is 0.251 e. The molecular weight excluding hydrogens is 440 g/mol. The normalized spacial score (nSPS) is 34.6. The third kappa shape index (κ3) is 5.23. The van der Waals surface area contributed by atoms with Gasteiger partial charge in [0.05, 0.1) is 13.2 Å². The van der Waals surface area contributed by atoms with Crippen molar-refractivity contribution in [2.24, 2.45) is 35.0 Å². The largest absolute Gasteiger partial charge is 0.497 e. The van der Waals surface area contributed by atoms with Crippen molar-refractivity contribution in [3.8, 4) is 5.75 Å². The Kier molecular flexibility index (Phi) is 7.80. The quantitative estimate of drug-likeness (QED) is 0.645. The van der Waals surface area contributed by atoms with Gasteiger partial charge in [-0.1, -0.05) is 27.7 Å². The van der Waals surface area contributed by atoms with Gasteiger partial charge in [0.15, 0.2) is 0 Å². The van der Waals surface area contributed by atoms with Crippen molar-refractivity contribution in [2.45, 2.75) is 78.4 Å². The third-order valence-electron chi connectivity index (χ3n) is 9.68. The monoisotopic (exact) mass is 484 g/mol. The fraction of sp³-hybridized carbons (Fsp3) is 0.724. The Morgan fingerprint density at radius 1 is 1.09 bits per heavy atom. The highest BCUT2D eigenvalue weighted by Gasteiger charge is 2.54. The van der Waals surface area contributed by atoms with E-state index in [1.54, 1.807) is 31.4 Å². The summed E-state index contributed by atoms with van der Waals surface area (Å²) in [5, 5.41) is 14.9. The lowest BCUT2D eigenvalue weighted by Crippen LogP contribution is -2.58. The zero-order valence-corrected chi connectivity index (χ0v) is 22.1. The molecule has 6 heteroatoms. The minimum Gasteiger partial charge on any atom is -0.497 e. The number of amides is 2. The molecule has 2 amide bonds. The van der Waals surface area contributed by atoms with Crippen LogP contribution >= 0.6 is 0 Å². The second-order valence-electron chi connectivity index (χ2n) is 11.9. The Balaban J connectivity index is 1.44. The summed E-state index contributed by atoms with van der Waals surface area (Å²) in [5.41, 5.74) is 0.656. The number of ether oxygens (including phenoxy) is 1. The van der Waals surface area contributed by atoms with Crippen LogP contribution in [-0.2, 0) is 4.79 Å². The number of hydrogen-bond donors (Lipinski definition) is 2. The first kappa shape index (κ1) is 26.0. The first-order chi connectivity index (χ1) is 16.6. The van der Waals surface area contributed by atoms with Crippen LogP contribution in [0.3, 0.4) is 0 Å². The Morgan fingerprint density at radius 2 is 1.71 bits per heavy atom. The van der Waals surface area contributed by atoms with Gasteiger partial charge in [0.25, 0.3) is 5.91 Å². The van der Waals surface area contributed by atoms with Crippen LogP contribution in [0.1, 0.15) is 76.6 Å². The predicted octanol–water partition coefficient (Wildman–Crippen LogP) is 4.51. The van der Waals surface area contributed by atoms with Crippen molar-refractivity contribution in [1.82, 2.24) is 10.2 Å². The lowest BCUT2D eigenvalue weighted by atomic mass is 9.51. The molecule has 2 N–H and O–H groups in total. The van der Waals surface area contributed by atoms with E-state index in [1.807, 2.05) is 11.8 Å². The van der Waals surface area contributed by atoms with E-state index in [-0.39, 0.29) is 46.9 Å². The highest BCUT2D eigenvalue weighted by Crippen LogP contribution is 2.55. The number of carbonyl (C=O) groups is 2. The second-order valence-corrected chi connectivity index (χ2v) is 11.9. The van der Waals surface area contributed by atoms with Gasteiger partial charge >= 0.3 is 0 Å². The number of piperidine rings is 1. The molecule has 4 rings (SSSR count). The first-order valence-electron chi connectivity index (χ1n) is 13.6. The number of aliphatic hydroxyl groups excluding tert-OH is 1. The van der Waals surface area contributed by atoms with Gasteiger partial charge in [-0.3, -0.25) is 9.59 Å². The standard InChI is InChI=1S/C29H44N2O4/c1-18-12-16-31(17-13-18)28(34)19(2)23-10-14-29(4)15-11-24(20(3)25(29)26(23)32)30-27(33)21-6-8-22(35-5)9-7-21/h6-9,18-20,23-26,32H,10-17H2,1-5H3,(H,30,33)/t19-,20-,23-,24-,25+,26-,29+/m0/s1. The molecule has 3 aliphatic rings. The van der Waals surface area contributed by atoms with E-state index in [0.29, 0.717) is 11.5 Å². The van der Waals surface area contributed by atoms with Gasteiger partial charge in [0.2, 0.25) is 5.91 Å². The molecule has 0 spiro atoms. The molecule has 0 radical (unpaired) electrons. The zero-order valence-electron chi connectivity index (χ0n) is 22.1. The zero-order chi connectivity index (χ0) is 25.3. The lowest BCUT2D eigenvalue weighted by Gasteiger charge is -2.56. The lowest BCUT2D eigenvalue weighted by molar-refractivity contribution is -0.151. The minimum atomic E-state index is -0.535. The average Bonchev–Trinajstić information content (AvgIpc) is 2.85. The van der Waals surface area contributed by atoms with Crippen molar-refractivity contribution >= 4 is 11.8 Å². The SMILES string of the molecule is COc1ccc(C(=O)N[C@H]2CC[C@@]3(C)CC[C@@H]([C@H](C)C(=O)N4CCC(C)CC4)[C@H](O)[C@H]3[C@H]2C)cc1. The number of hydrogen-bond acceptors (Lipinski definition) is 4. The molecule has 1 heterocycles. The van der Waals surface area contributed by atoms with E-state index in [4.69, 9.17) is 4.74 Å². The van der Waals surface area contributed by atoms with Crippen LogP contribution in [0, 0.1) is 35.0 Å². The summed E-state index contributed by atoms with van der Waals surface area (Å²) >= 11 is 0. The van der Waals surface area contributed by atoms with Crippen LogP contribution in [0.15, 0.2) is 24.3 Å². The fourth-order valence-corrected chi connectivity index (χ4v) is 7.19. The number of aliphatic hydroxyl groups is 1. The highest BCUT2D eigenvalue weighted by atomic mass is 16.5. The van der Waals surface area contributed by atoms with E-state index < -0.39 is 6.10 Å². The molecule has 1 aromatic carbocycles. The molecule has 1 aromatic rings. The van der Waals surface area contributed by atoms with Gasteiger partial charge in [0, 0.05) is 30.6 Å². The molecule has 1 aliphatic heterocycles. The maximum absolute atomic E-state index is 13.3. The van der Waals surface area contributed by atoms with Crippen LogP contribution in [-0.4, -0.2) is 54.2 Å². The molecular formula is C29H44N2O4. The van der Waals surface area contributed by atoms with Gasteiger partial charge in [-0.25, -0.2) is 0 Å². The number of nitrogens with zero attached hydrogens (tertiary/aromatic N) is 1. The van der Waals surface area contributed by atoms with Crippen molar-refractivity contribution in [2.75, 3.05) is 20.2 Å². The van der Waals surface area contributed by atoms with Gasteiger partial charge < -0.3 is 20.1 Å². The number of methoxy groups -OCH3 is 1. The van der Waals surface area contributed by atoms with Gasteiger partial charge in [0.1, 0.15) is 5.75 Å². The molecule has 0 aromatic heterocycles. The first-order valence-corrected chi connectivity index (χ1v) is 13.6. The van der Waals surface area contributed by atoms with Crippen LogP contribution in [0.25, 0.3) is 0 Å². The summed E-state index contributed by atoms with van der Waals surface area (Å²) in [6.45, 7) is 10.4. The van der Waals surface area contributed by atoms with Crippen molar-refractivity contribution in [3.63, 3.8) is 0 Å². The minimum absolute atomic E-state index is 0.00525. The Labute approximate surface area is 210 Å². The maximum Gasteiger partial charge on any atom is 0.251 e. The van der Waals surface area contributed by atoms with E-state index in [1.165, 1.54) is 0 Å². The van der Waals surface area contributed by atoms with Crippen molar-refractivity contribution < 1.29 is 19.4 Å². The molecule has 1 saturated heterocycles. The molecule has 7 atom stereocenters. The molecule has 35 heavy (non-hydrogen) atoms. The number of benzene rings is 1. The van der Waals surface area contributed by atoms with Crippen LogP contribution in [0.5, 0.6) is 5.75 Å². The van der Waals surface area contributed by atoms with Gasteiger partial charge in [-0.15, -0.1) is 0 Å². The predicted molar refractivity (Wildman–Crippen MR) is 137 cm³/mol. The van der Waals surface area contributed by atoms with Crippen LogP contribution in [0.4, 0.5) is 0 Å². The van der Waals surface area contributed by atoms with Crippen molar-refractivity contribution in [1.29, 1.82) is 0 Å². The average molecular weight is 485 g/mol. The van der Waals surface area contributed by atoms with Crippen molar-refractivity contribution in [3.05, 3.63) is 29.8 Å². The third-order valence-corrected chi connectivity index (χ3v) is 9.68. The van der Waals surface area contributed by atoms with E-state index in [0.717, 1.165) is 57.4 Å². The molecule has 194 valence electrons. The van der Waals surface area contributed by atoms with E-state index in [2.05, 4.69) is 26.1 Å². The summed E-state index contributed by atoms with van der Waals surface area (Å²) in [6.07, 6.45) is 5.41. The van der Waals surface area contributed by atoms with Crippen LogP contribution < -0.4 is 10.1 Å². The number of rotatable bonds is 5. The Bertz CT molecular complexity index is 894. The number of carbonyl (C=O) groups excluding carboxylic acids is 2. The van der Waals surface area contributed by atoms with Gasteiger partial charge in [-0.2, -0.15) is 0 Å². The topological polar surface area (TPSA) is 78.9 Å². The summed E-state index contributed by atoms with van der Waals surface area (Å²) in [4.78, 5) is 28.3. The van der Waals surface area contributed by atoms with E-state index >= 15 is 0 Å². The Morgan fingerprint density at radius 3 is 2.34 bits per heavy atom. The maximum atomic E-state index is 13.3. The summed E-state index contributed by atoms with van der Waals surface area (Å²) in [6, 6.07) is 7.17. The molecule has 6 nitrogen and oxygen atoms in total. The number of fused-ring (bicyclic) bond motifs is 1. The van der Waals surface area contributed by atoms with E-state index in [9.17, 15) is 14.7 Å².